The van der Waals surface area contributed by atoms with Gasteiger partial charge in [0.05, 0.1) is 16.6 Å². The molecule has 0 unspecified atom stereocenters. The van der Waals surface area contributed by atoms with E-state index >= 15 is 0 Å². The van der Waals surface area contributed by atoms with Gasteiger partial charge in [0, 0.05) is 31.7 Å². The lowest BCUT2D eigenvalue weighted by Gasteiger charge is -2.34. The number of hydrogen-bond acceptors (Lipinski definition) is 5. The van der Waals surface area contributed by atoms with Gasteiger partial charge in [-0.1, -0.05) is 34.4 Å². The van der Waals surface area contributed by atoms with Crippen LogP contribution in [0.25, 0.3) is 11.3 Å². The summed E-state index contributed by atoms with van der Waals surface area (Å²) in [6, 6.07) is 5.12. The van der Waals surface area contributed by atoms with E-state index in [9.17, 15) is 9.59 Å². The van der Waals surface area contributed by atoms with Gasteiger partial charge >= 0.3 is 0 Å². The molecule has 1 amide bonds. The zero-order valence-corrected chi connectivity index (χ0v) is 16.1. The molecule has 1 aromatic carbocycles. The summed E-state index contributed by atoms with van der Waals surface area (Å²) < 4.78 is 5.28. The molecule has 3 rings (SSSR count). The summed E-state index contributed by atoms with van der Waals surface area (Å²) in [5, 5.41) is 4.85. The number of benzene rings is 1. The minimum Gasteiger partial charge on any atom is -0.360 e. The highest BCUT2D eigenvalue weighted by Gasteiger charge is 2.30. The summed E-state index contributed by atoms with van der Waals surface area (Å²) in [7, 11) is 0. The lowest BCUT2D eigenvalue weighted by molar-refractivity contribution is -0.118. The molecule has 6 nitrogen and oxygen atoms in total. The number of carbonyl (C=O) groups excluding carboxylic acids is 2. The topological polar surface area (TPSA) is 66.7 Å². The zero-order valence-electron chi connectivity index (χ0n) is 14.6. The van der Waals surface area contributed by atoms with E-state index in [-0.39, 0.29) is 11.7 Å². The van der Waals surface area contributed by atoms with Crippen LogP contribution in [-0.2, 0) is 4.79 Å². The molecule has 2 heterocycles. The number of carbonyl (C=O) groups is 2. The first kappa shape index (κ1) is 18.9. The van der Waals surface area contributed by atoms with Crippen molar-refractivity contribution in [1.82, 2.24) is 15.0 Å². The number of hydrogen-bond donors (Lipinski definition) is 0. The van der Waals surface area contributed by atoms with Crippen molar-refractivity contribution in [3.63, 3.8) is 0 Å². The van der Waals surface area contributed by atoms with E-state index in [4.69, 9.17) is 27.7 Å². The maximum absolute atomic E-state index is 13.1. The van der Waals surface area contributed by atoms with Gasteiger partial charge in [-0.05, 0) is 26.0 Å². The van der Waals surface area contributed by atoms with Crippen molar-refractivity contribution in [2.45, 2.75) is 13.8 Å². The van der Waals surface area contributed by atoms with Gasteiger partial charge in [0.2, 0.25) is 0 Å². The second-order valence-corrected chi connectivity index (χ2v) is 7.14. The molecule has 8 heteroatoms. The molecule has 0 saturated carbocycles. The Balaban J connectivity index is 1.86. The van der Waals surface area contributed by atoms with Gasteiger partial charge in [0.1, 0.15) is 22.8 Å². The summed E-state index contributed by atoms with van der Waals surface area (Å²) in [5.41, 5.74) is 1.22. The summed E-state index contributed by atoms with van der Waals surface area (Å²) in [6.45, 7) is 6.04. The average Bonchev–Trinajstić information content (AvgIpc) is 2.95. The maximum atomic E-state index is 13.1. The molecule has 0 bridgehead atoms. The number of aromatic nitrogens is 1. The number of halogens is 2. The van der Waals surface area contributed by atoms with Crippen molar-refractivity contribution >= 4 is 34.9 Å². The Morgan fingerprint density at radius 3 is 2.35 bits per heavy atom. The molecule has 0 atom stereocenters. The zero-order chi connectivity index (χ0) is 18.8. The molecule has 1 aliphatic rings. The van der Waals surface area contributed by atoms with Gasteiger partial charge in [-0.3, -0.25) is 14.5 Å². The Kier molecular flexibility index (Phi) is 5.65. The minimum absolute atomic E-state index is 0.121. The van der Waals surface area contributed by atoms with E-state index in [0.717, 1.165) is 0 Å². The summed E-state index contributed by atoms with van der Waals surface area (Å²) in [4.78, 5) is 28.1. The Morgan fingerprint density at radius 1 is 1.15 bits per heavy atom. The van der Waals surface area contributed by atoms with E-state index in [1.54, 1.807) is 36.9 Å². The Morgan fingerprint density at radius 2 is 1.77 bits per heavy atom. The Labute approximate surface area is 161 Å². The molecular weight excluding hydrogens is 377 g/mol. The van der Waals surface area contributed by atoms with Crippen molar-refractivity contribution in [3.05, 3.63) is 39.6 Å². The van der Waals surface area contributed by atoms with E-state index in [1.807, 2.05) is 4.90 Å². The minimum atomic E-state index is -0.169. The number of ketones is 1. The smallest absolute Gasteiger partial charge is 0.259 e. The first-order valence-corrected chi connectivity index (χ1v) is 9.05. The SMILES string of the molecule is CC(=O)CN1CCN(C(=O)c2c(-c3c(Cl)cccc3Cl)noc2C)CC1. The van der Waals surface area contributed by atoms with Gasteiger partial charge in [0.15, 0.2) is 0 Å². The number of piperazine rings is 1. The van der Waals surface area contributed by atoms with Crippen LogP contribution in [0.15, 0.2) is 22.7 Å². The largest absolute Gasteiger partial charge is 0.360 e. The van der Waals surface area contributed by atoms with E-state index in [2.05, 4.69) is 5.16 Å². The molecule has 0 aliphatic carbocycles. The predicted molar refractivity (Wildman–Crippen MR) is 99.7 cm³/mol. The number of amides is 1. The monoisotopic (exact) mass is 395 g/mol. The number of rotatable bonds is 4. The molecule has 1 aliphatic heterocycles. The van der Waals surface area contributed by atoms with Crippen LogP contribution in [0.1, 0.15) is 23.0 Å². The van der Waals surface area contributed by atoms with Crippen molar-refractivity contribution in [3.8, 4) is 11.3 Å². The molecule has 1 aromatic heterocycles. The summed E-state index contributed by atoms with van der Waals surface area (Å²) in [6.07, 6.45) is 0. The van der Waals surface area contributed by atoms with Crippen molar-refractivity contribution in [2.24, 2.45) is 0 Å². The first-order chi connectivity index (χ1) is 12.4. The molecular formula is C18H19Cl2N3O3. The molecule has 26 heavy (non-hydrogen) atoms. The fraction of sp³-hybridized carbons (Fsp3) is 0.389. The van der Waals surface area contributed by atoms with Gasteiger partial charge in [-0.25, -0.2) is 0 Å². The summed E-state index contributed by atoms with van der Waals surface area (Å²) in [5.74, 6) is 0.375. The van der Waals surface area contributed by atoms with Crippen molar-refractivity contribution in [1.29, 1.82) is 0 Å². The standard InChI is InChI=1S/C18H19Cl2N3O3/c1-11(24)10-22-6-8-23(9-7-22)18(25)15-12(2)26-21-17(15)16-13(19)4-3-5-14(16)20/h3-5H,6-10H2,1-2H3. The van der Waals surface area contributed by atoms with Gasteiger partial charge in [0.25, 0.3) is 5.91 Å². The van der Waals surface area contributed by atoms with Gasteiger partial charge in [-0.15, -0.1) is 0 Å². The molecule has 1 saturated heterocycles. The second kappa shape index (κ2) is 7.78. The highest BCUT2D eigenvalue weighted by molar-refractivity contribution is 6.39. The van der Waals surface area contributed by atoms with E-state index < -0.39 is 0 Å². The highest BCUT2D eigenvalue weighted by Crippen LogP contribution is 2.37. The van der Waals surface area contributed by atoms with Crippen molar-refractivity contribution < 1.29 is 14.1 Å². The van der Waals surface area contributed by atoms with Crippen LogP contribution < -0.4 is 0 Å². The fourth-order valence-corrected chi connectivity index (χ4v) is 3.68. The molecule has 0 spiro atoms. The first-order valence-electron chi connectivity index (χ1n) is 8.30. The van der Waals surface area contributed by atoms with Crippen LogP contribution in [0.5, 0.6) is 0 Å². The van der Waals surface area contributed by atoms with Crippen LogP contribution in [0.3, 0.4) is 0 Å². The van der Waals surface area contributed by atoms with Crippen LogP contribution in [-0.4, -0.2) is 59.4 Å². The Hall–Kier alpha value is -1.89. The van der Waals surface area contributed by atoms with Crippen LogP contribution in [0.2, 0.25) is 10.0 Å². The number of aryl methyl sites for hydroxylation is 1. The second-order valence-electron chi connectivity index (χ2n) is 6.33. The Bertz CT molecular complexity index is 822. The highest BCUT2D eigenvalue weighted by atomic mass is 35.5. The molecule has 1 fully saturated rings. The third-order valence-electron chi connectivity index (χ3n) is 4.38. The van der Waals surface area contributed by atoms with Crippen molar-refractivity contribution in [2.75, 3.05) is 32.7 Å². The molecule has 2 aromatic rings. The third-order valence-corrected chi connectivity index (χ3v) is 5.01. The van der Waals surface area contributed by atoms with Crippen LogP contribution in [0.4, 0.5) is 0 Å². The summed E-state index contributed by atoms with van der Waals surface area (Å²) >= 11 is 12.5. The van der Waals surface area contributed by atoms with Gasteiger partial charge in [-0.2, -0.15) is 0 Å². The lowest BCUT2D eigenvalue weighted by Crippen LogP contribution is -2.49. The van der Waals surface area contributed by atoms with Crippen LogP contribution in [0, 0.1) is 6.92 Å². The normalized spacial score (nSPS) is 15.3. The fourth-order valence-electron chi connectivity index (χ4n) is 3.10. The molecule has 0 N–H and O–H groups in total. The molecule has 0 radical (unpaired) electrons. The average molecular weight is 396 g/mol. The van der Waals surface area contributed by atoms with E-state index in [0.29, 0.717) is 65.4 Å². The van der Waals surface area contributed by atoms with E-state index in [1.165, 1.54) is 0 Å². The number of nitrogens with zero attached hydrogens (tertiary/aromatic N) is 3. The molecule has 138 valence electrons. The third kappa shape index (κ3) is 3.77. The van der Waals surface area contributed by atoms with Crippen LogP contribution >= 0.6 is 23.2 Å². The maximum Gasteiger partial charge on any atom is 0.259 e. The van der Waals surface area contributed by atoms with Gasteiger partial charge < -0.3 is 9.42 Å². The lowest BCUT2D eigenvalue weighted by atomic mass is 10.0. The predicted octanol–water partition coefficient (Wildman–Crippen LogP) is 3.30. The number of Topliss-reactive ketones (excluding diaryl/α,β-unsaturated/α-hetero) is 1. The quantitative estimate of drug-likeness (QED) is 0.794.